The van der Waals surface area contributed by atoms with Gasteiger partial charge in [-0.1, -0.05) is 6.07 Å². The van der Waals surface area contributed by atoms with E-state index in [9.17, 15) is 4.79 Å². The number of carbonyl (C=O) groups excluding carboxylic acids is 1. The lowest BCUT2D eigenvalue weighted by Crippen LogP contribution is -2.35. The number of carbonyl (C=O) groups is 1. The second-order valence-electron chi connectivity index (χ2n) is 4.65. The molecule has 1 aromatic carbocycles. The van der Waals surface area contributed by atoms with Gasteiger partial charge < -0.3 is 10.6 Å². The predicted octanol–water partition coefficient (Wildman–Crippen LogP) is 1.43. The molecule has 4 N–H and O–H groups in total. The van der Waals surface area contributed by atoms with Gasteiger partial charge in [0.1, 0.15) is 6.07 Å². The molecule has 1 aromatic rings. The second kappa shape index (κ2) is 6.52. The van der Waals surface area contributed by atoms with E-state index < -0.39 is 5.84 Å². The Morgan fingerprint density at radius 1 is 1.48 bits per heavy atom. The summed E-state index contributed by atoms with van der Waals surface area (Å²) in [7, 11) is 0. The number of amides is 1. The van der Waals surface area contributed by atoms with Gasteiger partial charge in [0, 0.05) is 18.7 Å². The number of nitrogens with two attached hydrogens (primary N) is 1. The number of hydrogen-bond donors (Lipinski definition) is 3. The molecule has 0 aliphatic carbocycles. The van der Waals surface area contributed by atoms with Gasteiger partial charge >= 0.3 is 0 Å². The molecular weight excluding hydrogens is 268 g/mol. The van der Waals surface area contributed by atoms with Crippen molar-refractivity contribution in [2.75, 3.05) is 16.9 Å². The van der Waals surface area contributed by atoms with Gasteiger partial charge in [-0.05, 0) is 31.0 Å². The summed E-state index contributed by atoms with van der Waals surface area (Å²) in [5.41, 5.74) is 9.12. The molecule has 108 valence electrons. The summed E-state index contributed by atoms with van der Waals surface area (Å²) < 4.78 is 0. The van der Waals surface area contributed by atoms with E-state index in [-0.39, 0.29) is 11.6 Å². The van der Waals surface area contributed by atoms with E-state index in [0.717, 1.165) is 18.5 Å². The van der Waals surface area contributed by atoms with Crippen LogP contribution in [0.15, 0.2) is 29.4 Å². The van der Waals surface area contributed by atoms with Gasteiger partial charge in [-0.2, -0.15) is 10.4 Å². The number of hydrogen-bond acceptors (Lipinski definition) is 5. The summed E-state index contributed by atoms with van der Waals surface area (Å²) in [4.78, 5) is 13.6. The van der Waals surface area contributed by atoms with E-state index in [4.69, 9.17) is 16.4 Å². The number of rotatable bonds is 4. The zero-order chi connectivity index (χ0) is 15.2. The molecule has 1 fully saturated rings. The van der Waals surface area contributed by atoms with E-state index in [2.05, 4.69) is 10.5 Å². The Labute approximate surface area is 122 Å². The molecule has 0 radical (unpaired) electrons. The fourth-order valence-electron chi connectivity index (χ4n) is 2.09. The molecule has 1 amide bonds. The van der Waals surface area contributed by atoms with Crippen LogP contribution in [0.3, 0.4) is 0 Å². The van der Waals surface area contributed by atoms with Crippen molar-refractivity contribution in [2.24, 2.45) is 10.8 Å². The molecule has 1 heterocycles. The summed E-state index contributed by atoms with van der Waals surface area (Å²) in [6.07, 6.45) is 2.49. The number of amidine groups is 1. The molecule has 7 nitrogen and oxygen atoms in total. The van der Waals surface area contributed by atoms with Crippen LogP contribution in [0.5, 0.6) is 0 Å². The highest BCUT2D eigenvalue weighted by atomic mass is 16.2. The predicted molar refractivity (Wildman–Crippen MR) is 81.2 cm³/mol. The molecule has 1 saturated heterocycles. The van der Waals surface area contributed by atoms with Gasteiger partial charge in [0.2, 0.25) is 11.6 Å². The van der Waals surface area contributed by atoms with Crippen molar-refractivity contribution in [1.29, 1.82) is 10.7 Å². The van der Waals surface area contributed by atoms with Crippen LogP contribution in [0.2, 0.25) is 0 Å². The highest BCUT2D eigenvalue weighted by Gasteiger charge is 2.19. The largest absolute Gasteiger partial charge is 0.382 e. The number of nitrogens with zero attached hydrogens (tertiary/aromatic N) is 3. The van der Waals surface area contributed by atoms with Crippen molar-refractivity contribution >= 4 is 28.8 Å². The average molecular weight is 284 g/mol. The lowest BCUT2D eigenvalue weighted by Gasteiger charge is -2.27. The molecule has 7 heteroatoms. The van der Waals surface area contributed by atoms with Gasteiger partial charge in [-0.15, -0.1) is 0 Å². The quantitative estimate of drug-likeness (QED) is 0.440. The van der Waals surface area contributed by atoms with Crippen LogP contribution >= 0.6 is 0 Å². The third-order valence-corrected chi connectivity index (χ3v) is 3.14. The monoisotopic (exact) mass is 284 g/mol. The molecule has 0 atom stereocenters. The molecule has 0 aromatic heterocycles. The van der Waals surface area contributed by atoms with E-state index >= 15 is 0 Å². The minimum absolute atomic E-state index is 0.114. The molecule has 0 unspecified atom stereocenters. The van der Waals surface area contributed by atoms with E-state index in [1.54, 1.807) is 29.2 Å². The summed E-state index contributed by atoms with van der Waals surface area (Å²) in [6, 6.07) is 8.93. The molecule has 0 saturated carbocycles. The maximum Gasteiger partial charge on any atom is 0.226 e. The van der Waals surface area contributed by atoms with Crippen LogP contribution < -0.4 is 16.1 Å². The summed E-state index contributed by atoms with van der Waals surface area (Å²) in [5, 5.41) is 19.7. The van der Waals surface area contributed by atoms with E-state index in [1.165, 1.54) is 0 Å². The van der Waals surface area contributed by atoms with Crippen LogP contribution in [0, 0.1) is 16.7 Å². The fraction of sp³-hybridized carbons (Fsp3) is 0.286. The minimum atomic E-state index is -0.396. The molecule has 0 spiro atoms. The topological polar surface area (TPSA) is 118 Å². The van der Waals surface area contributed by atoms with Crippen LogP contribution in [0.4, 0.5) is 11.4 Å². The lowest BCUT2D eigenvalue weighted by atomic mass is 10.1. The van der Waals surface area contributed by atoms with Crippen molar-refractivity contribution in [1.82, 2.24) is 0 Å². The number of hydrazone groups is 1. The first-order valence-corrected chi connectivity index (χ1v) is 6.60. The Balaban J connectivity index is 2.16. The van der Waals surface area contributed by atoms with Gasteiger partial charge in [0.25, 0.3) is 0 Å². The van der Waals surface area contributed by atoms with E-state index in [1.807, 2.05) is 6.07 Å². The first-order chi connectivity index (χ1) is 10.1. The highest BCUT2D eigenvalue weighted by molar-refractivity contribution is 6.45. The Morgan fingerprint density at radius 2 is 2.29 bits per heavy atom. The fourth-order valence-corrected chi connectivity index (χ4v) is 2.09. The Bertz CT molecular complexity index is 631. The van der Waals surface area contributed by atoms with Crippen molar-refractivity contribution in [3.05, 3.63) is 24.3 Å². The second-order valence-corrected chi connectivity index (χ2v) is 4.65. The van der Waals surface area contributed by atoms with Crippen LogP contribution in [0.25, 0.3) is 0 Å². The van der Waals surface area contributed by atoms with Crippen molar-refractivity contribution in [2.45, 2.75) is 19.3 Å². The third kappa shape index (κ3) is 3.57. The van der Waals surface area contributed by atoms with Gasteiger partial charge in [0.15, 0.2) is 5.84 Å². The SMILES string of the molecule is N#C/C(=N\Nc1cccc(N2CCCCC2=O)c1)C(=N)N. The van der Waals surface area contributed by atoms with Crippen LogP contribution in [0.1, 0.15) is 19.3 Å². The van der Waals surface area contributed by atoms with E-state index in [0.29, 0.717) is 18.7 Å². The Hall–Kier alpha value is -2.88. The van der Waals surface area contributed by atoms with Crippen LogP contribution in [-0.2, 0) is 4.79 Å². The zero-order valence-electron chi connectivity index (χ0n) is 11.5. The van der Waals surface area contributed by atoms with Crippen molar-refractivity contribution in [3.63, 3.8) is 0 Å². The molecular formula is C14H16N6O. The zero-order valence-corrected chi connectivity index (χ0v) is 11.5. The summed E-state index contributed by atoms with van der Waals surface area (Å²) >= 11 is 0. The Morgan fingerprint density at radius 3 is 2.95 bits per heavy atom. The average Bonchev–Trinajstić information content (AvgIpc) is 2.48. The highest BCUT2D eigenvalue weighted by Crippen LogP contribution is 2.23. The minimum Gasteiger partial charge on any atom is -0.382 e. The van der Waals surface area contributed by atoms with Gasteiger partial charge in [-0.3, -0.25) is 15.6 Å². The number of anilines is 2. The third-order valence-electron chi connectivity index (χ3n) is 3.14. The standard InChI is InChI=1S/C14H16N6O/c15-9-12(14(16)17)19-18-10-4-3-5-11(8-10)20-7-2-1-6-13(20)21/h3-5,8,18H,1-2,6-7H2,(H3,16,17)/b19-12+. The molecule has 21 heavy (non-hydrogen) atoms. The number of benzene rings is 1. The number of nitrogens with one attached hydrogen (secondary N) is 2. The maximum absolute atomic E-state index is 11.9. The van der Waals surface area contributed by atoms with Gasteiger partial charge in [-0.25, -0.2) is 0 Å². The first-order valence-electron chi connectivity index (χ1n) is 6.60. The Kier molecular flexibility index (Phi) is 4.51. The normalized spacial score (nSPS) is 15.5. The number of nitriles is 1. The summed E-state index contributed by atoms with van der Waals surface area (Å²) in [5.74, 6) is -0.282. The smallest absolute Gasteiger partial charge is 0.226 e. The van der Waals surface area contributed by atoms with Crippen molar-refractivity contribution < 1.29 is 4.79 Å². The molecule has 2 rings (SSSR count). The number of piperidine rings is 1. The molecule has 1 aliphatic heterocycles. The van der Waals surface area contributed by atoms with Crippen molar-refractivity contribution in [3.8, 4) is 6.07 Å². The molecule has 0 bridgehead atoms. The molecule has 1 aliphatic rings. The first kappa shape index (κ1) is 14.5. The lowest BCUT2D eigenvalue weighted by molar-refractivity contribution is -0.119. The van der Waals surface area contributed by atoms with Crippen LogP contribution in [-0.4, -0.2) is 24.0 Å². The van der Waals surface area contributed by atoms with Gasteiger partial charge in [0.05, 0.1) is 5.69 Å². The summed E-state index contributed by atoms with van der Waals surface area (Å²) in [6.45, 7) is 0.711. The maximum atomic E-state index is 11.9.